The maximum Gasteiger partial charge on any atom is 0.246 e. The van der Waals surface area contributed by atoms with Gasteiger partial charge in [-0.1, -0.05) is 45.2 Å². The Morgan fingerprint density at radius 1 is 0.865 bits per heavy atom. The lowest BCUT2D eigenvalue weighted by Crippen LogP contribution is -2.66. The van der Waals surface area contributed by atoms with Crippen LogP contribution < -0.4 is 41.1 Å². The van der Waals surface area contributed by atoms with Crippen molar-refractivity contribution >= 4 is 58.1 Å². The first kappa shape index (κ1) is 64.1. The number of amides is 4. The van der Waals surface area contributed by atoms with Gasteiger partial charge in [-0.2, -0.15) is 0 Å². The Hall–Kier alpha value is -6.40. The molecule has 1 spiro atoms. The second-order valence-corrected chi connectivity index (χ2v) is 27.8. The minimum atomic E-state index is -0.597. The summed E-state index contributed by atoms with van der Waals surface area (Å²) in [6.45, 7) is 14.8. The van der Waals surface area contributed by atoms with E-state index in [1.54, 1.807) is 54.8 Å². The molecule has 2 saturated carbocycles. The Morgan fingerprint density at radius 3 is 2.40 bits per heavy atom. The third-order valence-corrected chi connectivity index (χ3v) is 21.0. The summed E-state index contributed by atoms with van der Waals surface area (Å²) in [5.74, 6) is 1.37. The van der Waals surface area contributed by atoms with Gasteiger partial charge in [-0.3, -0.25) is 28.9 Å². The summed E-state index contributed by atoms with van der Waals surface area (Å²) in [4.78, 5) is 91.4. The average molecular weight is 1250 g/mol. The summed E-state index contributed by atoms with van der Waals surface area (Å²) in [5, 5.41) is 18.1. The number of likely N-dealkylation sites (tertiary alicyclic amines) is 3. The number of benzene rings is 2. The number of fused-ring (bicyclic) bond motifs is 1. The molecule has 1 unspecified atom stereocenters. The zero-order valence-corrected chi connectivity index (χ0v) is 53.2. The fraction of sp³-hybridized carbons (Fsp3) is 0.636. The van der Waals surface area contributed by atoms with Crippen LogP contribution in [0.4, 0.5) is 26.1 Å². The van der Waals surface area contributed by atoms with Crippen molar-refractivity contribution in [2.24, 2.45) is 23.2 Å². The number of likely N-dealkylation sites (N-methyl/N-ethyl adjacent to an activating group) is 1. The molecule has 7 heterocycles. The Labute approximate surface area is 526 Å². The largest absolute Gasteiger partial charge is 0.492 e. The number of rotatable bonds is 24. The predicted octanol–water partition coefficient (Wildman–Crippen LogP) is 7.10. The number of nitrogens with one attached hydrogen (secondary N) is 5. The summed E-state index contributed by atoms with van der Waals surface area (Å²) < 4.78 is 43.4. The number of anilines is 3. The Balaban J connectivity index is 0.556. The molecule has 6 atom stereocenters. The Kier molecular flexibility index (Phi) is 20.8. The van der Waals surface area contributed by atoms with Gasteiger partial charge < -0.3 is 55.7 Å². The van der Waals surface area contributed by atoms with E-state index in [0.717, 1.165) is 128 Å². The fourth-order valence-corrected chi connectivity index (χ4v) is 15.6. The van der Waals surface area contributed by atoms with Crippen molar-refractivity contribution < 1.29 is 42.2 Å². The minimum Gasteiger partial charge on any atom is -0.492 e. The molecule has 7 fully saturated rings. The van der Waals surface area contributed by atoms with Crippen molar-refractivity contribution in [3.63, 3.8) is 0 Å². The average Bonchev–Trinajstić information content (AvgIpc) is 1.55. The quantitative estimate of drug-likeness (QED) is 0.0349. The molecule has 5 aliphatic heterocycles. The SMILES string of the molecule is CN[C@@H](C)C(=O)N[C@H](C(=O)N1CCC[C@H]1c1nc(C(=O)c2cccc(OCCNC(=O)COC3C[C@@H]4CN(CCCNc5cc(N6CCC7(CC6)CN(c6cc(F)c(CN8CCC(C)(C)CC8)cc6F)CC(=O)N7)ncn5)C[C@@H]4C3)c2)cs1)C1CCCCC1. The van der Waals surface area contributed by atoms with E-state index in [-0.39, 0.29) is 84.9 Å². The molecule has 7 aliphatic rings. The number of piperazine rings is 1. The van der Waals surface area contributed by atoms with Crippen LogP contribution in [0.15, 0.2) is 54.2 Å². The first-order valence-corrected chi connectivity index (χ1v) is 33.5. The van der Waals surface area contributed by atoms with Gasteiger partial charge in [0.2, 0.25) is 29.4 Å². The number of aromatic nitrogens is 3. The van der Waals surface area contributed by atoms with E-state index in [1.165, 1.54) is 23.5 Å². The lowest BCUT2D eigenvalue weighted by atomic mass is 9.82. The number of carbonyl (C=O) groups excluding carboxylic acids is 5. The highest BCUT2D eigenvalue weighted by Crippen LogP contribution is 2.41. The van der Waals surface area contributed by atoms with Gasteiger partial charge in [0.15, 0.2) is 0 Å². The van der Waals surface area contributed by atoms with Crippen LogP contribution in [0.1, 0.15) is 143 Å². The van der Waals surface area contributed by atoms with Gasteiger partial charge in [0, 0.05) is 81.0 Å². The first-order chi connectivity index (χ1) is 43.0. The molecule has 2 aromatic heterocycles. The van der Waals surface area contributed by atoms with E-state index >= 15 is 8.78 Å². The Morgan fingerprint density at radius 2 is 1.64 bits per heavy atom. The smallest absolute Gasteiger partial charge is 0.246 e. The molecule has 482 valence electrons. The molecule has 0 bridgehead atoms. The van der Waals surface area contributed by atoms with Gasteiger partial charge in [-0.15, -0.1) is 11.3 Å². The van der Waals surface area contributed by atoms with Crippen LogP contribution in [0.2, 0.25) is 0 Å². The monoisotopic (exact) mass is 1250 g/mol. The van der Waals surface area contributed by atoms with E-state index in [1.807, 2.05) is 11.0 Å². The standard InChI is InChI=1S/C66H91F2N13O7S/c1-43(69-4)62(85)75-60(44-11-6-5-7-12-44)64(86)81-23-9-15-54(81)63-74-53(40-89-63)61(84)45-13-8-14-49(29-45)87-28-21-71-59(83)39-88-50-30-46-35-78(36-47(46)31-50)22-10-20-70-56-34-57(73-42-72-56)79-26-18-66(19-27-79)41-80(38-58(82)76-66)55-33-51(67)48(32-52(55)68)37-77-24-16-65(2,3)17-25-77/h8,13-14,29,32-34,40,42-44,46-47,50,54,60,69H,5-7,9-12,15-28,30-31,35-39,41H2,1-4H3,(H,71,83)(H,75,85)(H,76,82)(H,70,72,73)/t43-,46-,47+,50?,54-,60-/m0/s1. The number of ether oxygens (including phenoxy) is 2. The van der Waals surface area contributed by atoms with Crippen molar-refractivity contribution in [3.05, 3.63) is 87.6 Å². The molecule has 5 saturated heterocycles. The summed E-state index contributed by atoms with van der Waals surface area (Å²) in [6.07, 6.45) is 14.3. The van der Waals surface area contributed by atoms with E-state index in [2.05, 4.69) is 65.1 Å². The van der Waals surface area contributed by atoms with Crippen LogP contribution in [-0.2, 0) is 30.5 Å². The van der Waals surface area contributed by atoms with Crippen molar-refractivity contribution in [2.45, 2.75) is 147 Å². The lowest BCUT2D eigenvalue weighted by molar-refractivity contribution is -0.139. The molecule has 20 nitrogen and oxygen atoms in total. The molecule has 11 rings (SSSR count). The number of ketones is 1. The molecule has 0 radical (unpaired) electrons. The summed E-state index contributed by atoms with van der Waals surface area (Å²) in [6, 6.07) is 10.2. The molecule has 4 amide bonds. The molecule has 4 aromatic rings. The van der Waals surface area contributed by atoms with Crippen LogP contribution in [0.3, 0.4) is 0 Å². The van der Waals surface area contributed by atoms with Crippen molar-refractivity contribution in [1.82, 2.24) is 50.9 Å². The second kappa shape index (κ2) is 28.8. The molecular formula is C66H91F2N13O7S. The number of hydrogen-bond donors (Lipinski definition) is 5. The highest BCUT2D eigenvalue weighted by molar-refractivity contribution is 7.10. The van der Waals surface area contributed by atoms with Gasteiger partial charge >= 0.3 is 0 Å². The number of thiazole rings is 1. The van der Waals surface area contributed by atoms with Gasteiger partial charge in [-0.05, 0) is 146 Å². The van der Waals surface area contributed by atoms with Crippen LogP contribution in [0.25, 0.3) is 0 Å². The third kappa shape index (κ3) is 16.0. The zero-order chi connectivity index (χ0) is 62.2. The van der Waals surface area contributed by atoms with Gasteiger partial charge in [-0.25, -0.2) is 23.7 Å². The van der Waals surface area contributed by atoms with E-state index in [9.17, 15) is 24.0 Å². The first-order valence-electron chi connectivity index (χ1n) is 32.7. The minimum absolute atomic E-state index is 0.0148. The highest BCUT2D eigenvalue weighted by Gasteiger charge is 2.44. The van der Waals surface area contributed by atoms with Gasteiger partial charge in [0.05, 0.1) is 42.5 Å². The molecule has 2 aliphatic carbocycles. The number of piperidine rings is 2. The summed E-state index contributed by atoms with van der Waals surface area (Å²) in [5.41, 5.74) is 0.915. The Bertz CT molecular complexity index is 3110. The lowest BCUT2D eigenvalue weighted by Gasteiger charge is -2.48. The van der Waals surface area contributed by atoms with Crippen molar-refractivity contribution in [3.8, 4) is 5.75 Å². The molecule has 5 N–H and O–H groups in total. The fourth-order valence-electron chi connectivity index (χ4n) is 14.6. The number of hydrogen-bond acceptors (Lipinski definition) is 17. The molecule has 23 heteroatoms. The van der Waals surface area contributed by atoms with Crippen molar-refractivity contribution in [1.29, 1.82) is 0 Å². The van der Waals surface area contributed by atoms with Crippen LogP contribution in [-0.4, -0.2) is 182 Å². The van der Waals surface area contributed by atoms with Crippen molar-refractivity contribution in [2.75, 3.05) is 114 Å². The molecular weight excluding hydrogens is 1160 g/mol. The zero-order valence-electron chi connectivity index (χ0n) is 52.3. The molecule has 2 aromatic carbocycles. The maximum absolute atomic E-state index is 15.8. The molecule has 89 heavy (non-hydrogen) atoms. The summed E-state index contributed by atoms with van der Waals surface area (Å²) in [7, 11) is 1.73. The topological polar surface area (TPSA) is 219 Å². The number of nitrogens with zero attached hydrogens (tertiary/aromatic N) is 8. The summed E-state index contributed by atoms with van der Waals surface area (Å²) >= 11 is 1.38. The highest BCUT2D eigenvalue weighted by atomic mass is 32.1. The number of halogens is 2. The van der Waals surface area contributed by atoms with E-state index in [4.69, 9.17) is 14.5 Å². The normalized spacial score (nSPS) is 23.7. The van der Waals surface area contributed by atoms with Crippen LogP contribution in [0.5, 0.6) is 5.75 Å². The third-order valence-electron chi connectivity index (χ3n) is 20.1. The van der Waals surface area contributed by atoms with Crippen LogP contribution in [0, 0.1) is 34.8 Å². The van der Waals surface area contributed by atoms with E-state index in [0.29, 0.717) is 85.0 Å². The second-order valence-electron chi connectivity index (χ2n) is 26.9. The van der Waals surface area contributed by atoms with Gasteiger partial charge in [0.1, 0.15) is 65.3 Å². The van der Waals surface area contributed by atoms with Gasteiger partial charge in [0.25, 0.3) is 0 Å². The predicted molar refractivity (Wildman–Crippen MR) is 338 cm³/mol. The number of carbonyl (C=O) groups is 5. The van der Waals surface area contributed by atoms with E-state index < -0.39 is 29.3 Å². The maximum atomic E-state index is 15.8. The van der Waals surface area contributed by atoms with Crippen LogP contribution >= 0.6 is 11.3 Å².